The van der Waals surface area contributed by atoms with Gasteiger partial charge in [0.15, 0.2) is 5.96 Å². The van der Waals surface area contributed by atoms with Gasteiger partial charge in [-0.2, -0.15) is 0 Å². The van der Waals surface area contributed by atoms with Gasteiger partial charge in [-0.05, 0) is 29.3 Å². The van der Waals surface area contributed by atoms with Crippen LogP contribution in [0, 0.1) is 0 Å². The number of ether oxygens (including phenoxy) is 1. The zero-order valence-electron chi connectivity index (χ0n) is 18.0. The average Bonchev–Trinajstić information content (AvgIpc) is 2.80. The first-order valence-electron chi connectivity index (χ1n) is 10.2. The number of hydrogen-bond acceptors (Lipinski definition) is 4. The Hall–Kier alpha value is -3.06. The molecule has 7 heteroatoms. The Morgan fingerprint density at radius 1 is 1.03 bits per heavy atom. The minimum Gasteiger partial charge on any atom is -0.378 e. The van der Waals surface area contributed by atoms with E-state index in [0.717, 1.165) is 37.8 Å². The Bertz CT molecular complexity index is 858. The molecule has 160 valence electrons. The number of hydrogen-bond donors (Lipinski definition) is 2. The lowest BCUT2D eigenvalue weighted by atomic mass is 10.1. The number of guanidine groups is 1. The standard InChI is InChI=1S/C23H31N5O2/c1-24-23(25-16-18-8-10-19(11-9-18)22(29)27(2)3)26-17-20-6-4-5-7-21(20)28-12-14-30-15-13-28/h4-11H,12-17H2,1-3H3,(H2,24,25,26). The van der Waals surface area contributed by atoms with Crippen LogP contribution in [0.15, 0.2) is 53.5 Å². The van der Waals surface area contributed by atoms with Crippen LogP contribution in [0.5, 0.6) is 0 Å². The van der Waals surface area contributed by atoms with E-state index in [1.165, 1.54) is 11.3 Å². The second-order valence-electron chi connectivity index (χ2n) is 7.40. The first-order valence-corrected chi connectivity index (χ1v) is 10.2. The number of aliphatic imine (C=N–C) groups is 1. The quantitative estimate of drug-likeness (QED) is 0.565. The van der Waals surface area contributed by atoms with E-state index < -0.39 is 0 Å². The third-order valence-electron chi connectivity index (χ3n) is 5.08. The summed E-state index contributed by atoms with van der Waals surface area (Å²) in [5, 5.41) is 6.74. The van der Waals surface area contributed by atoms with E-state index in [4.69, 9.17) is 4.74 Å². The van der Waals surface area contributed by atoms with E-state index >= 15 is 0 Å². The predicted octanol–water partition coefficient (Wildman–Crippen LogP) is 2.09. The number of nitrogens with zero attached hydrogens (tertiary/aromatic N) is 3. The molecule has 1 saturated heterocycles. The molecule has 1 fully saturated rings. The summed E-state index contributed by atoms with van der Waals surface area (Å²) >= 11 is 0. The van der Waals surface area contributed by atoms with E-state index in [1.54, 1.807) is 26.0 Å². The first-order chi connectivity index (χ1) is 14.6. The summed E-state index contributed by atoms with van der Waals surface area (Å²) in [5.74, 6) is 0.742. The SMILES string of the molecule is CN=C(NCc1ccc(C(=O)N(C)C)cc1)NCc1ccccc1N1CCOCC1. The van der Waals surface area contributed by atoms with Crippen LogP contribution in [0.25, 0.3) is 0 Å². The van der Waals surface area contributed by atoms with Crippen LogP contribution in [0.1, 0.15) is 21.5 Å². The number of anilines is 1. The van der Waals surface area contributed by atoms with Crippen LogP contribution in [0.3, 0.4) is 0 Å². The highest BCUT2D eigenvalue weighted by Gasteiger charge is 2.14. The number of amides is 1. The first kappa shape index (κ1) is 21.6. The highest BCUT2D eigenvalue weighted by molar-refractivity contribution is 5.93. The summed E-state index contributed by atoms with van der Waals surface area (Å²) in [6.07, 6.45) is 0. The molecular formula is C23H31N5O2. The van der Waals surface area contributed by atoms with Gasteiger partial charge in [-0.1, -0.05) is 30.3 Å². The second-order valence-corrected chi connectivity index (χ2v) is 7.40. The van der Waals surface area contributed by atoms with Gasteiger partial charge >= 0.3 is 0 Å². The normalized spacial score (nSPS) is 14.4. The Labute approximate surface area is 178 Å². The second kappa shape index (κ2) is 10.6. The van der Waals surface area contributed by atoms with Gasteiger partial charge in [0.25, 0.3) is 5.91 Å². The van der Waals surface area contributed by atoms with E-state index in [9.17, 15) is 4.79 Å². The maximum Gasteiger partial charge on any atom is 0.253 e. The molecule has 1 aliphatic heterocycles. The summed E-state index contributed by atoms with van der Waals surface area (Å²) in [7, 11) is 5.28. The van der Waals surface area contributed by atoms with Crippen LogP contribution >= 0.6 is 0 Å². The highest BCUT2D eigenvalue weighted by atomic mass is 16.5. The smallest absolute Gasteiger partial charge is 0.253 e. The summed E-state index contributed by atoms with van der Waals surface area (Å²) in [6, 6.07) is 16.1. The number of nitrogens with one attached hydrogen (secondary N) is 2. The molecule has 2 N–H and O–H groups in total. The molecule has 1 amide bonds. The summed E-state index contributed by atoms with van der Waals surface area (Å²) in [6.45, 7) is 4.67. The molecule has 0 aromatic heterocycles. The molecule has 0 bridgehead atoms. The number of morpholine rings is 1. The Kier molecular flexibility index (Phi) is 7.68. The van der Waals surface area contributed by atoms with Crippen LogP contribution in [0.2, 0.25) is 0 Å². The third kappa shape index (κ3) is 5.73. The fourth-order valence-electron chi connectivity index (χ4n) is 3.38. The zero-order valence-corrected chi connectivity index (χ0v) is 18.0. The van der Waals surface area contributed by atoms with Crippen molar-refractivity contribution in [2.45, 2.75) is 13.1 Å². The molecule has 0 saturated carbocycles. The number of carbonyl (C=O) groups is 1. The van der Waals surface area contributed by atoms with Gasteiger partial charge in [-0.3, -0.25) is 9.79 Å². The largest absolute Gasteiger partial charge is 0.378 e. The molecule has 0 aliphatic carbocycles. The number of rotatable bonds is 6. The van der Waals surface area contributed by atoms with E-state index in [-0.39, 0.29) is 5.91 Å². The van der Waals surface area contributed by atoms with Gasteiger partial charge in [0.05, 0.1) is 13.2 Å². The number of para-hydroxylation sites is 1. The summed E-state index contributed by atoms with van der Waals surface area (Å²) in [4.78, 5) is 20.3. The lowest BCUT2D eigenvalue weighted by Gasteiger charge is -2.30. The maximum atomic E-state index is 12.0. The third-order valence-corrected chi connectivity index (χ3v) is 5.08. The molecule has 3 rings (SSSR count). The van der Waals surface area contributed by atoms with Crippen LogP contribution in [-0.2, 0) is 17.8 Å². The van der Waals surface area contributed by atoms with Crippen molar-refractivity contribution in [2.24, 2.45) is 4.99 Å². The fourth-order valence-corrected chi connectivity index (χ4v) is 3.38. The Morgan fingerprint density at radius 2 is 1.70 bits per heavy atom. The average molecular weight is 410 g/mol. The van der Waals surface area contributed by atoms with Gasteiger partial charge in [0.2, 0.25) is 0 Å². The zero-order chi connectivity index (χ0) is 21.3. The summed E-state index contributed by atoms with van der Waals surface area (Å²) in [5.41, 5.74) is 4.24. The van der Waals surface area contributed by atoms with E-state index in [0.29, 0.717) is 18.7 Å². The molecule has 0 radical (unpaired) electrons. The number of benzene rings is 2. The molecule has 0 unspecified atom stereocenters. The lowest BCUT2D eigenvalue weighted by Crippen LogP contribution is -2.39. The van der Waals surface area contributed by atoms with Gasteiger partial charge in [-0.25, -0.2) is 0 Å². The molecular weight excluding hydrogens is 378 g/mol. The van der Waals surface area contributed by atoms with Crippen LogP contribution in [-0.4, -0.2) is 64.2 Å². The van der Waals surface area contributed by atoms with Crippen LogP contribution < -0.4 is 15.5 Å². The molecule has 1 aliphatic rings. The topological polar surface area (TPSA) is 69.2 Å². The van der Waals surface area contributed by atoms with Gasteiger partial charge in [-0.15, -0.1) is 0 Å². The van der Waals surface area contributed by atoms with Crippen molar-refractivity contribution in [3.8, 4) is 0 Å². The molecule has 0 spiro atoms. The monoisotopic (exact) mass is 409 g/mol. The van der Waals surface area contributed by atoms with Crippen molar-refractivity contribution < 1.29 is 9.53 Å². The predicted molar refractivity (Wildman–Crippen MR) is 121 cm³/mol. The van der Waals surface area contributed by atoms with Gasteiger partial charge in [0.1, 0.15) is 0 Å². The Balaban J connectivity index is 1.55. The minimum absolute atomic E-state index is 0.00548. The lowest BCUT2D eigenvalue weighted by molar-refractivity contribution is 0.0827. The molecule has 30 heavy (non-hydrogen) atoms. The fraction of sp³-hybridized carbons (Fsp3) is 0.391. The van der Waals surface area contributed by atoms with E-state index in [1.807, 2.05) is 24.3 Å². The molecule has 7 nitrogen and oxygen atoms in total. The molecule has 2 aromatic rings. The van der Waals surface area contributed by atoms with Crippen molar-refractivity contribution in [3.05, 3.63) is 65.2 Å². The van der Waals surface area contributed by atoms with Crippen LogP contribution in [0.4, 0.5) is 5.69 Å². The van der Waals surface area contributed by atoms with Gasteiger partial charge in [0, 0.05) is 58.6 Å². The molecule has 2 aromatic carbocycles. The van der Waals surface area contributed by atoms with Crippen molar-refractivity contribution >= 4 is 17.6 Å². The Morgan fingerprint density at radius 3 is 2.37 bits per heavy atom. The van der Waals surface area contributed by atoms with E-state index in [2.05, 4.69) is 44.8 Å². The van der Waals surface area contributed by atoms with Gasteiger partial charge < -0.3 is 25.2 Å². The molecule has 1 heterocycles. The van der Waals surface area contributed by atoms with Crippen molar-refractivity contribution in [3.63, 3.8) is 0 Å². The van der Waals surface area contributed by atoms with Crippen molar-refractivity contribution in [1.82, 2.24) is 15.5 Å². The number of carbonyl (C=O) groups excluding carboxylic acids is 1. The maximum absolute atomic E-state index is 12.0. The highest BCUT2D eigenvalue weighted by Crippen LogP contribution is 2.21. The van der Waals surface area contributed by atoms with Crippen molar-refractivity contribution in [1.29, 1.82) is 0 Å². The van der Waals surface area contributed by atoms with Crippen molar-refractivity contribution in [2.75, 3.05) is 52.3 Å². The molecule has 0 atom stereocenters. The minimum atomic E-state index is 0.00548. The summed E-state index contributed by atoms with van der Waals surface area (Å²) < 4.78 is 5.48.